The van der Waals surface area contributed by atoms with E-state index in [0.29, 0.717) is 17.9 Å². The molecule has 6 heteroatoms. The molecule has 20 heavy (non-hydrogen) atoms. The van der Waals surface area contributed by atoms with E-state index >= 15 is 0 Å². The minimum atomic E-state index is -0.562. The van der Waals surface area contributed by atoms with Crippen molar-refractivity contribution in [3.63, 3.8) is 0 Å². The number of carbonyl (C=O) groups excluding carboxylic acids is 1. The van der Waals surface area contributed by atoms with Gasteiger partial charge in [0.2, 0.25) is 0 Å². The molecule has 0 spiro atoms. The Kier molecular flexibility index (Phi) is 4.73. The number of thiophene rings is 1. The van der Waals surface area contributed by atoms with Gasteiger partial charge < -0.3 is 15.3 Å². The van der Waals surface area contributed by atoms with Crippen LogP contribution in [0.1, 0.15) is 22.2 Å². The van der Waals surface area contributed by atoms with E-state index < -0.39 is 5.97 Å². The van der Waals surface area contributed by atoms with Crippen molar-refractivity contribution < 1.29 is 14.4 Å². The molecule has 1 heterocycles. The van der Waals surface area contributed by atoms with Crippen LogP contribution < -0.4 is 10.5 Å². The highest BCUT2D eigenvalue weighted by Crippen LogP contribution is 2.13. The van der Waals surface area contributed by atoms with Gasteiger partial charge in [0.1, 0.15) is 5.75 Å². The van der Waals surface area contributed by atoms with Gasteiger partial charge in [0.15, 0.2) is 5.84 Å². The van der Waals surface area contributed by atoms with Crippen LogP contribution in [-0.4, -0.2) is 18.4 Å². The van der Waals surface area contributed by atoms with Crippen molar-refractivity contribution in [1.82, 2.24) is 0 Å². The summed E-state index contributed by atoms with van der Waals surface area (Å²) < 4.78 is 5.29. The second-order valence-corrected chi connectivity index (χ2v) is 4.74. The fourth-order valence-electron chi connectivity index (χ4n) is 1.47. The Labute approximate surface area is 120 Å². The highest BCUT2D eigenvalue weighted by Gasteiger charge is 2.08. The Morgan fingerprint density at radius 1 is 1.30 bits per heavy atom. The lowest BCUT2D eigenvalue weighted by Crippen LogP contribution is -2.13. The molecule has 2 N–H and O–H groups in total. The normalized spacial score (nSPS) is 11.2. The molecule has 0 fully saturated rings. The number of benzene rings is 1. The molecule has 104 valence electrons. The molecule has 0 aliphatic carbocycles. The van der Waals surface area contributed by atoms with Gasteiger partial charge in [-0.3, -0.25) is 0 Å². The maximum atomic E-state index is 11.8. The SMILES string of the molecule is CCOc1ccc(C(=O)O/N=C(\N)c2cccs2)cc1. The fourth-order valence-corrected chi connectivity index (χ4v) is 2.09. The Morgan fingerprint density at radius 3 is 2.65 bits per heavy atom. The lowest BCUT2D eigenvalue weighted by Gasteiger charge is -2.03. The Balaban J connectivity index is 1.99. The summed E-state index contributed by atoms with van der Waals surface area (Å²) in [4.78, 5) is 17.3. The third-order valence-corrected chi connectivity index (χ3v) is 3.29. The Morgan fingerprint density at radius 2 is 2.05 bits per heavy atom. The molecule has 0 saturated heterocycles. The molecule has 2 rings (SSSR count). The van der Waals surface area contributed by atoms with E-state index in [-0.39, 0.29) is 5.84 Å². The van der Waals surface area contributed by atoms with Crippen LogP contribution in [0.15, 0.2) is 46.9 Å². The summed E-state index contributed by atoms with van der Waals surface area (Å²) in [5.74, 6) is 0.317. The number of hydrogen-bond donors (Lipinski definition) is 1. The summed E-state index contributed by atoms with van der Waals surface area (Å²) in [6.07, 6.45) is 0. The number of carbonyl (C=O) groups is 1. The maximum absolute atomic E-state index is 11.8. The van der Waals surface area contributed by atoms with Crippen LogP contribution in [0.25, 0.3) is 0 Å². The topological polar surface area (TPSA) is 73.9 Å². The number of ether oxygens (including phenoxy) is 1. The Bertz CT molecular complexity index is 591. The van der Waals surface area contributed by atoms with Gasteiger partial charge in [-0.25, -0.2) is 4.79 Å². The van der Waals surface area contributed by atoms with Crippen molar-refractivity contribution in [2.75, 3.05) is 6.61 Å². The van der Waals surface area contributed by atoms with Crippen LogP contribution in [0.5, 0.6) is 5.75 Å². The largest absolute Gasteiger partial charge is 0.494 e. The van der Waals surface area contributed by atoms with Crippen molar-refractivity contribution in [2.45, 2.75) is 6.92 Å². The van der Waals surface area contributed by atoms with E-state index in [1.165, 1.54) is 11.3 Å². The van der Waals surface area contributed by atoms with Crippen molar-refractivity contribution in [1.29, 1.82) is 0 Å². The number of nitrogens with zero attached hydrogens (tertiary/aromatic N) is 1. The average Bonchev–Trinajstić information content (AvgIpc) is 3.00. The van der Waals surface area contributed by atoms with Gasteiger partial charge in [-0.1, -0.05) is 11.2 Å². The third-order valence-electron chi connectivity index (χ3n) is 2.40. The van der Waals surface area contributed by atoms with Crippen LogP contribution in [0.2, 0.25) is 0 Å². The maximum Gasteiger partial charge on any atom is 0.365 e. The first-order valence-electron chi connectivity index (χ1n) is 6.02. The predicted octanol–water partition coefficient (Wildman–Crippen LogP) is 2.62. The lowest BCUT2D eigenvalue weighted by atomic mass is 10.2. The number of nitrogens with two attached hydrogens (primary N) is 1. The van der Waals surface area contributed by atoms with E-state index in [1.54, 1.807) is 30.3 Å². The van der Waals surface area contributed by atoms with Gasteiger partial charge >= 0.3 is 5.97 Å². The quantitative estimate of drug-likeness (QED) is 0.397. The highest BCUT2D eigenvalue weighted by atomic mass is 32.1. The van der Waals surface area contributed by atoms with Crippen molar-refractivity contribution in [3.05, 3.63) is 52.2 Å². The van der Waals surface area contributed by atoms with E-state index in [1.807, 2.05) is 18.4 Å². The van der Waals surface area contributed by atoms with E-state index in [2.05, 4.69) is 5.16 Å². The first kappa shape index (κ1) is 14.1. The summed E-state index contributed by atoms with van der Waals surface area (Å²) in [5, 5.41) is 5.49. The molecule has 0 radical (unpaired) electrons. The molecule has 5 nitrogen and oxygen atoms in total. The van der Waals surface area contributed by atoms with Gasteiger partial charge in [0, 0.05) is 0 Å². The Hall–Kier alpha value is -2.34. The second kappa shape index (κ2) is 6.72. The first-order valence-corrected chi connectivity index (χ1v) is 6.90. The van der Waals surface area contributed by atoms with Gasteiger partial charge in [0.05, 0.1) is 17.0 Å². The van der Waals surface area contributed by atoms with Crippen LogP contribution in [0.4, 0.5) is 0 Å². The van der Waals surface area contributed by atoms with Gasteiger partial charge in [-0.2, -0.15) is 0 Å². The minimum absolute atomic E-state index is 0.180. The number of rotatable bonds is 5. The van der Waals surface area contributed by atoms with Crippen molar-refractivity contribution >= 4 is 23.1 Å². The van der Waals surface area contributed by atoms with Crippen LogP contribution in [-0.2, 0) is 4.84 Å². The molecule has 1 aromatic heterocycles. The molecule has 0 aliphatic rings. The van der Waals surface area contributed by atoms with Gasteiger partial charge in [-0.05, 0) is 42.6 Å². The summed E-state index contributed by atoms with van der Waals surface area (Å²) >= 11 is 1.42. The second-order valence-electron chi connectivity index (χ2n) is 3.79. The minimum Gasteiger partial charge on any atom is -0.494 e. The third kappa shape index (κ3) is 3.58. The molecule has 0 unspecified atom stereocenters. The summed E-state index contributed by atoms with van der Waals surface area (Å²) in [6.45, 7) is 2.47. The smallest absolute Gasteiger partial charge is 0.365 e. The summed E-state index contributed by atoms with van der Waals surface area (Å²) in [7, 11) is 0. The van der Waals surface area contributed by atoms with E-state index in [0.717, 1.165) is 4.88 Å². The molecule has 0 bridgehead atoms. The molecule has 0 saturated carbocycles. The van der Waals surface area contributed by atoms with Gasteiger partial charge in [-0.15, -0.1) is 11.3 Å². The van der Waals surface area contributed by atoms with E-state index in [9.17, 15) is 4.79 Å². The predicted molar refractivity (Wildman–Crippen MR) is 78.1 cm³/mol. The molecule has 1 aromatic carbocycles. The van der Waals surface area contributed by atoms with Crippen LogP contribution >= 0.6 is 11.3 Å². The average molecular weight is 290 g/mol. The molecular formula is C14H14N2O3S. The lowest BCUT2D eigenvalue weighted by molar-refractivity contribution is 0.0516. The molecule has 2 aromatic rings. The molecular weight excluding hydrogens is 276 g/mol. The molecule has 0 aliphatic heterocycles. The van der Waals surface area contributed by atoms with Crippen LogP contribution in [0, 0.1) is 0 Å². The molecule has 0 amide bonds. The van der Waals surface area contributed by atoms with Crippen LogP contribution in [0.3, 0.4) is 0 Å². The number of amidine groups is 1. The highest BCUT2D eigenvalue weighted by molar-refractivity contribution is 7.12. The zero-order chi connectivity index (χ0) is 14.4. The molecule has 0 atom stereocenters. The zero-order valence-electron chi connectivity index (χ0n) is 10.9. The standard InChI is InChI=1S/C14H14N2O3S/c1-2-18-11-7-5-10(6-8-11)14(17)19-16-13(15)12-4-3-9-20-12/h3-9H,2H2,1H3,(H2,15,16). The van der Waals surface area contributed by atoms with E-state index in [4.69, 9.17) is 15.3 Å². The monoisotopic (exact) mass is 290 g/mol. The fraction of sp³-hybridized carbons (Fsp3) is 0.143. The first-order chi connectivity index (χ1) is 9.70. The summed E-state index contributed by atoms with van der Waals surface area (Å²) in [5.41, 5.74) is 6.08. The van der Waals surface area contributed by atoms with Gasteiger partial charge in [0.25, 0.3) is 0 Å². The summed E-state index contributed by atoms with van der Waals surface area (Å²) in [6, 6.07) is 10.3. The number of oxime groups is 1. The number of hydrogen-bond acceptors (Lipinski definition) is 5. The van der Waals surface area contributed by atoms with Crippen molar-refractivity contribution in [3.8, 4) is 5.75 Å². The van der Waals surface area contributed by atoms with Crippen molar-refractivity contribution in [2.24, 2.45) is 10.9 Å². The zero-order valence-corrected chi connectivity index (χ0v) is 11.7.